The van der Waals surface area contributed by atoms with Crippen LogP contribution >= 0.6 is 11.8 Å². The molecule has 3 heterocycles. The van der Waals surface area contributed by atoms with Gasteiger partial charge in [-0.3, -0.25) is 0 Å². The molecule has 2 aromatic heterocycles. The van der Waals surface area contributed by atoms with Crippen molar-refractivity contribution in [3.63, 3.8) is 0 Å². The quantitative estimate of drug-likeness (QED) is 0.799. The number of rotatable bonds is 2. The zero-order valence-corrected chi connectivity index (χ0v) is 10.2. The highest BCUT2D eigenvalue weighted by Crippen LogP contribution is 2.33. The molecule has 0 saturated carbocycles. The fraction of sp³-hybridized carbons (Fsp3) is 0.500. The molecule has 0 radical (unpaired) electrons. The van der Waals surface area contributed by atoms with Gasteiger partial charge in [-0.05, 0) is 31.2 Å². The number of pyridine rings is 1. The van der Waals surface area contributed by atoms with Crippen molar-refractivity contribution in [2.75, 3.05) is 11.5 Å². The smallest absolute Gasteiger partial charge is 0.159 e. The Kier molecular flexibility index (Phi) is 2.59. The second-order valence-corrected chi connectivity index (χ2v) is 5.27. The SMILES string of the molecule is CCn1c(C2CCSC2)nc2cccnc21. The van der Waals surface area contributed by atoms with Crippen molar-refractivity contribution >= 4 is 22.9 Å². The van der Waals surface area contributed by atoms with Crippen LogP contribution in [0.1, 0.15) is 25.1 Å². The molecule has 1 atom stereocenters. The Morgan fingerprint density at radius 2 is 2.50 bits per heavy atom. The third-order valence-corrected chi connectivity index (χ3v) is 4.31. The molecule has 1 saturated heterocycles. The first-order chi connectivity index (χ1) is 7.90. The monoisotopic (exact) mass is 233 g/mol. The van der Waals surface area contributed by atoms with E-state index in [0.29, 0.717) is 5.92 Å². The maximum atomic E-state index is 4.75. The van der Waals surface area contributed by atoms with Gasteiger partial charge in [-0.1, -0.05) is 0 Å². The molecule has 16 heavy (non-hydrogen) atoms. The maximum absolute atomic E-state index is 4.75. The lowest BCUT2D eigenvalue weighted by Gasteiger charge is -2.10. The number of fused-ring (bicyclic) bond motifs is 1. The van der Waals surface area contributed by atoms with Gasteiger partial charge in [-0.25, -0.2) is 9.97 Å². The first-order valence-corrected chi connectivity index (χ1v) is 6.94. The molecule has 0 N–H and O–H groups in total. The summed E-state index contributed by atoms with van der Waals surface area (Å²) in [6.07, 6.45) is 3.11. The molecular formula is C12H15N3S. The molecule has 0 aliphatic carbocycles. The average Bonchev–Trinajstić information content (AvgIpc) is 2.95. The van der Waals surface area contributed by atoms with Crippen molar-refractivity contribution in [2.45, 2.75) is 25.8 Å². The van der Waals surface area contributed by atoms with E-state index in [4.69, 9.17) is 4.98 Å². The number of aromatic nitrogens is 3. The van der Waals surface area contributed by atoms with Crippen molar-refractivity contribution in [1.29, 1.82) is 0 Å². The van der Waals surface area contributed by atoms with Crippen LogP contribution in [-0.2, 0) is 6.54 Å². The lowest BCUT2D eigenvalue weighted by atomic mass is 10.1. The minimum atomic E-state index is 0.624. The van der Waals surface area contributed by atoms with Gasteiger partial charge in [0.25, 0.3) is 0 Å². The summed E-state index contributed by atoms with van der Waals surface area (Å²) in [5.74, 6) is 4.34. The number of hydrogen-bond donors (Lipinski definition) is 0. The van der Waals surface area contributed by atoms with E-state index in [0.717, 1.165) is 17.7 Å². The Morgan fingerprint density at radius 1 is 1.56 bits per heavy atom. The van der Waals surface area contributed by atoms with Gasteiger partial charge in [-0.15, -0.1) is 0 Å². The molecular weight excluding hydrogens is 218 g/mol. The van der Waals surface area contributed by atoms with Gasteiger partial charge in [0.15, 0.2) is 5.65 Å². The van der Waals surface area contributed by atoms with Crippen molar-refractivity contribution in [2.24, 2.45) is 0 Å². The Bertz CT molecular complexity index is 500. The van der Waals surface area contributed by atoms with Crippen LogP contribution in [0, 0.1) is 0 Å². The standard InChI is InChI=1S/C12H15N3S/c1-2-15-11(9-5-7-16-8-9)14-10-4-3-6-13-12(10)15/h3-4,6,9H,2,5,7-8H2,1H3. The predicted octanol–water partition coefficient (Wildman–Crippen LogP) is 2.67. The van der Waals surface area contributed by atoms with Crippen LogP contribution in [0.4, 0.5) is 0 Å². The summed E-state index contributed by atoms with van der Waals surface area (Å²) >= 11 is 2.03. The molecule has 0 bridgehead atoms. The summed E-state index contributed by atoms with van der Waals surface area (Å²) < 4.78 is 2.27. The van der Waals surface area contributed by atoms with Gasteiger partial charge >= 0.3 is 0 Å². The van der Waals surface area contributed by atoms with Crippen molar-refractivity contribution in [1.82, 2.24) is 14.5 Å². The van der Waals surface area contributed by atoms with Gasteiger partial charge in [0.1, 0.15) is 11.3 Å². The van der Waals surface area contributed by atoms with E-state index in [9.17, 15) is 0 Å². The van der Waals surface area contributed by atoms with Crippen LogP contribution in [0.25, 0.3) is 11.2 Å². The number of hydrogen-bond acceptors (Lipinski definition) is 3. The highest BCUT2D eigenvalue weighted by Gasteiger charge is 2.23. The fourth-order valence-electron chi connectivity index (χ4n) is 2.34. The van der Waals surface area contributed by atoms with E-state index in [1.807, 2.05) is 24.0 Å². The maximum Gasteiger partial charge on any atom is 0.159 e. The molecule has 0 aromatic carbocycles. The van der Waals surface area contributed by atoms with Crippen LogP contribution in [0.15, 0.2) is 18.3 Å². The van der Waals surface area contributed by atoms with Gasteiger partial charge in [0.2, 0.25) is 0 Å². The topological polar surface area (TPSA) is 30.7 Å². The lowest BCUT2D eigenvalue weighted by molar-refractivity contribution is 0.637. The Hall–Kier alpha value is -1.03. The van der Waals surface area contributed by atoms with E-state index in [1.165, 1.54) is 23.8 Å². The molecule has 3 nitrogen and oxygen atoms in total. The van der Waals surface area contributed by atoms with Crippen molar-refractivity contribution < 1.29 is 0 Å². The molecule has 1 aliphatic rings. The minimum absolute atomic E-state index is 0.624. The summed E-state index contributed by atoms with van der Waals surface area (Å²) in [6.45, 7) is 3.13. The zero-order valence-electron chi connectivity index (χ0n) is 9.39. The van der Waals surface area contributed by atoms with Gasteiger partial charge < -0.3 is 4.57 Å². The average molecular weight is 233 g/mol. The normalized spacial score (nSPS) is 20.7. The molecule has 1 unspecified atom stereocenters. The molecule has 4 heteroatoms. The van der Waals surface area contributed by atoms with E-state index in [-0.39, 0.29) is 0 Å². The van der Waals surface area contributed by atoms with E-state index in [1.54, 1.807) is 0 Å². The van der Waals surface area contributed by atoms with E-state index in [2.05, 4.69) is 22.5 Å². The highest BCUT2D eigenvalue weighted by molar-refractivity contribution is 7.99. The largest absolute Gasteiger partial charge is 0.313 e. The number of imidazole rings is 1. The Balaban J connectivity index is 2.15. The summed E-state index contributed by atoms with van der Waals surface area (Å²) in [4.78, 5) is 9.19. The molecule has 1 aliphatic heterocycles. The number of aryl methyl sites for hydroxylation is 1. The van der Waals surface area contributed by atoms with E-state index < -0.39 is 0 Å². The molecule has 0 amide bonds. The zero-order chi connectivity index (χ0) is 11.0. The van der Waals surface area contributed by atoms with E-state index >= 15 is 0 Å². The van der Waals surface area contributed by atoms with Crippen LogP contribution in [0.5, 0.6) is 0 Å². The molecule has 0 spiro atoms. The van der Waals surface area contributed by atoms with Gasteiger partial charge in [0, 0.05) is 24.4 Å². The lowest BCUT2D eigenvalue weighted by Crippen LogP contribution is -2.08. The van der Waals surface area contributed by atoms with Gasteiger partial charge in [-0.2, -0.15) is 11.8 Å². The second-order valence-electron chi connectivity index (χ2n) is 4.12. The third kappa shape index (κ3) is 1.52. The summed E-state index contributed by atoms with van der Waals surface area (Å²) in [5.41, 5.74) is 2.08. The summed E-state index contributed by atoms with van der Waals surface area (Å²) in [6, 6.07) is 4.02. The Morgan fingerprint density at radius 3 is 3.25 bits per heavy atom. The number of nitrogens with zero attached hydrogens (tertiary/aromatic N) is 3. The molecule has 1 fully saturated rings. The molecule has 3 rings (SSSR count). The first kappa shape index (κ1) is 10.1. The summed E-state index contributed by atoms with van der Waals surface area (Å²) in [7, 11) is 0. The Labute approximate surface area is 99.3 Å². The second kappa shape index (κ2) is 4.09. The van der Waals surface area contributed by atoms with Crippen LogP contribution in [0.3, 0.4) is 0 Å². The molecule has 84 valence electrons. The minimum Gasteiger partial charge on any atom is -0.313 e. The first-order valence-electron chi connectivity index (χ1n) is 5.79. The van der Waals surface area contributed by atoms with Crippen LogP contribution in [0.2, 0.25) is 0 Å². The highest BCUT2D eigenvalue weighted by atomic mass is 32.2. The third-order valence-electron chi connectivity index (χ3n) is 3.14. The summed E-state index contributed by atoms with van der Waals surface area (Å²) in [5, 5.41) is 0. The van der Waals surface area contributed by atoms with Gasteiger partial charge in [0.05, 0.1) is 0 Å². The van der Waals surface area contributed by atoms with Crippen LogP contribution < -0.4 is 0 Å². The predicted molar refractivity (Wildman–Crippen MR) is 67.9 cm³/mol. The number of thioether (sulfide) groups is 1. The van der Waals surface area contributed by atoms with Crippen molar-refractivity contribution in [3.05, 3.63) is 24.2 Å². The van der Waals surface area contributed by atoms with Crippen molar-refractivity contribution in [3.8, 4) is 0 Å². The van der Waals surface area contributed by atoms with Crippen LogP contribution in [-0.4, -0.2) is 26.0 Å². The molecule has 2 aromatic rings. The fourth-order valence-corrected chi connectivity index (χ4v) is 3.56.